The van der Waals surface area contributed by atoms with Crippen LogP contribution >= 0.6 is 15.9 Å². The lowest BCUT2D eigenvalue weighted by Gasteiger charge is -2.22. The smallest absolute Gasteiger partial charge is 0.407 e. The van der Waals surface area contributed by atoms with Crippen LogP contribution in [0.2, 0.25) is 0 Å². The molecule has 0 aliphatic carbocycles. The molecule has 0 spiro atoms. The molecule has 1 aromatic heterocycles. The van der Waals surface area contributed by atoms with Gasteiger partial charge >= 0.3 is 6.09 Å². The normalized spacial score (nSPS) is 13.2. The SMILES string of the molecule is CC(C)(C)OC(=O)NC(CN)Cc1cc(Br)co1. The molecule has 0 saturated heterocycles. The fourth-order valence-electron chi connectivity index (χ4n) is 1.37. The van der Waals surface area contributed by atoms with Gasteiger partial charge in [0.25, 0.3) is 0 Å². The lowest BCUT2D eigenvalue weighted by molar-refractivity contribution is 0.0505. The molecule has 0 aliphatic rings. The van der Waals surface area contributed by atoms with Crippen LogP contribution in [-0.2, 0) is 11.2 Å². The largest absolute Gasteiger partial charge is 0.468 e. The summed E-state index contributed by atoms with van der Waals surface area (Å²) in [5.74, 6) is 0.758. The molecule has 5 nitrogen and oxygen atoms in total. The molecule has 1 rings (SSSR count). The van der Waals surface area contributed by atoms with Gasteiger partial charge < -0.3 is 20.2 Å². The van der Waals surface area contributed by atoms with E-state index in [1.165, 1.54) is 0 Å². The Morgan fingerprint density at radius 3 is 2.72 bits per heavy atom. The highest BCUT2D eigenvalue weighted by Gasteiger charge is 2.19. The van der Waals surface area contributed by atoms with Crippen molar-refractivity contribution in [2.45, 2.75) is 38.8 Å². The Labute approximate surface area is 115 Å². The number of hydrogen-bond donors (Lipinski definition) is 2. The predicted molar refractivity (Wildman–Crippen MR) is 72.3 cm³/mol. The van der Waals surface area contributed by atoms with Gasteiger partial charge in [0.2, 0.25) is 0 Å². The van der Waals surface area contributed by atoms with Gasteiger partial charge in [0.05, 0.1) is 10.5 Å². The highest BCUT2D eigenvalue weighted by Crippen LogP contribution is 2.15. The van der Waals surface area contributed by atoms with E-state index in [1.54, 1.807) is 6.26 Å². The monoisotopic (exact) mass is 318 g/mol. The van der Waals surface area contributed by atoms with E-state index in [0.717, 1.165) is 10.2 Å². The molecule has 0 fully saturated rings. The Kier molecular flexibility index (Phi) is 5.22. The van der Waals surface area contributed by atoms with E-state index < -0.39 is 11.7 Å². The number of hydrogen-bond acceptors (Lipinski definition) is 4. The average Bonchev–Trinajstić information content (AvgIpc) is 2.60. The maximum Gasteiger partial charge on any atom is 0.407 e. The second-order valence-electron chi connectivity index (χ2n) is 5.01. The molecule has 1 heterocycles. The molecule has 1 unspecified atom stereocenters. The van der Waals surface area contributed by atoms with Gasteiger partial charge in [-0.05, 0) is 42.8 Å². The summed E-state index contributed by atoms with van der Waals surface area (Å²) < 4.78 is 11.3. The van der Waals surface area contributed by atoms with Crippen molar-refractivity contribution in [1.82, 2.24) is 5.32 Å². The van der Waals surface area contributed by atoms with Gasteiger partial charge in [-0.25, -0.2) is 4.79 Å². The van der Waals surface area contributed by atoms with Crippen molar-refractivity contribution >= 4 is 22.0 Å². The molecule has 18 heavy (non-hydrogen) atoms. The molecule has 0 saturated carbocycles. The zero-order valence-corrected chi connectivity index (χ0v) is 12.4. The Balaban J connectivity index is 2.49. The van der Waals surface area contributed by atoms with Crippen molar-refractivity contribution in [2.75, 3.05) is 6.54 Å². The minimum absolute atomic E-state index is 0.210. The first-order chi connectivity index (χ1) is 8.30. The Morgan fingerprint density at radius 1 is 1.61 bits per heavy atom. The van der Waals surface area contributed by atoms with Crippen LogP contribution in [0.15, 0.2) is 21.2 Å². The van der Waals surface area contributed by atoms with Gasteiger partial charge in [-0.1, -0.05) is 0 Å². The van der Waals surface area contributed by atoms with E-state index >= 15 is 0 Å². The van der Waals surface area contributed by atoms with Crippen LogP contribution in [0.3, 0.4) is 0 Å². The molecule has 1 atom stereocenters. The summed E-state index contributed by atoms with van der Waals surface area (Å²) in [6, 6.07) is 1.64. The van der Waals surface area contributed by atoms with Gasteiger partial charge in [-0.15, -0.1) is 0 Å². The summed E-state index contributed by atoms with van der Waals surface area (Å²) in [7, 11) is 0. The van der Waals surface area contributed by atoms with E-state index in [2.05, 4.69) is 21.2 Å². The third-order valence-electron chi connectivity index (χ3n) is 2.07. The number of nitrogens with two attached hydrogens (primary N) is 1. The molecule has 0 aliphatic heterocycles. The second-order valence-corrected chi connectivity index (χ2v) is 5.93. The number of alkyl carbamates (subject to hydrolysis) is 1. The first-order valence-electron chi connectivity index (χ1n) is 5.72. The molecule has 1 aromatic rings. The summed E-state index contributed by atoms with van der Waals surface area (Å²) in [5.41, 5.74) is 5.10. The molecular formula is C12H19BrN2O3. The van der Waals surface area contributed by atoms with E-state index in [1.807, 2.05) is 26.8 Å². The van der Waals surface area contributed by atoms with Crippen LogP contribution in [-0.4, -0.2) is 24.3 Å². The van der Waals surface area contributed by atoms with Crippen LogP contribution in [0.4, 0.5) is 4.79 Å². The summed E-state index contributed by atoms with van der Waals surface area (Å²) in [4.78, 5) is 11.6. The lowest BCUT2D eigenvalue weighted by Crippen LogP contribution is -2.44. The molecule has 0 aromatic carbocycles. The molecular weight excluding hydrogens is 300 g/mol. The van der Waals surface area contributed by atoms with Gasteiger partial charge in [0.15, 0.2) is 0 Å². The van der Waals surface area contributed by atoms with Crippen molar-refractivity contribution < 1.29 is 13.9 Å². The van der Waals surface area contributed by atoms with Crippen molar-refractivity contribution in [3.05, 3.63) is 22.6 Å². The van der Waals surface area contributed by atoms with E-state index in [0.29, 0.717) is 13.0 Å². The van der Waals surface area contributed by atoms with E-state index in [4.69, 9.17) is 14.9 Å². The number of amides is 1. The fraction of sp³-hybridized carbons (Fsp3) is 0.583. The van der Waals surface area contributed by atoms with E-state index in [-0.39, 0.29) is 6.04 Å². The third kappa shape index (κ3) is 5.55. The fourth-order valence-corrected chi connectivity index (χ4v) is 1.72. The number of halogens is 1. The highest BCUT2D eigenvalue weighted by molar-refractivity contribution is 9.10. The van der Waals surface area contributed by atoms with Gasteiger partial charge in [0, 0.05) is 13.0 Å². The number of furan rings is 1. The Hall–Kier alpha value is -1.01. The molecule has 0 radical (unpaired) electrons. The van der Waals surface area contributed by atoms with Gasteiger partial charge in [-0.2, -0.15) is 0 Å². The number of ether oxygens (including phenoxy) is 1. The number of carbonyl (C=O) groups is 1. The average molecular weight is 319 g/mol. The summed E-state index contributed by atoms with van der Waals surface area (Å²) in [6.45, 7) is 5.76. The highest BCUT2D eigenvalue weighted by atomic mass is 79.9. The topological polar surface area (TPSA) is 77.5 Å². The Morgan fingerprint density at radius 2 is 2.28 bits per heavy atom. The first kappa shape index (κ1) is 15.0. The van der Waals surface area contributed by atoms with Crippen molar-refractivity contribution in [3.63, 3.8) is 0 Å². The van der Waals surface area contributed by atoms with Crippen LogP contribution in [0, 0.1) is 0 Å². The lowest BCUT2D eigenvalue weighted by atomic mass is 10.1. The van der Waals surface area contributed by atoms with Gasteiger partial charge in [-0.3, -0.25) is 0 Å². The summed E-state index contributed by atoms with van der Waals surface area (Å²) >= 11 is 3.30. The maximum absolute atomic E-state index is 11.6. The number of nitrogens with one attached hydrogen (secondary N) is 1. The molecule has 3 N–H and O–H groups in total. The minimum Gasteiger partial charge on any atom is -0.468 e. The van der Waals surface area contributed by atoms with Crippen LogP contribution < -0.4 is 11.1 Å². The number of rotatable bonds is 4. The quantitative estimate of drug-likeness (QED) is 0.893. The van der Waals surface area contributed by atoms with Crippen molar-refractivity contribution in [1.29, 1.82) is 0 Å². The van der Waals surface area contributed by atoms with Crippen LogP contribution in [0.5, 0.6) is 0 Å². The van der Waals surface area contributed by atoms with Crippen LogP contribution in [0.25, 0.3) is 0 Å². The standard InChI is InChI=1S/C12H19BrN2O3/c1-12(2,3)18-11(16)15-9(6-14)5-10-4-8(13)7-17-10/h4,7,9H,5-6,14H2,1-3H3,(H,15,16). The summed E-state index contributed by atoms with van der Waals surface area (Å²) in [5, 5.41) is 2.72. The zero-order chi connectivity index (χ0) is 13.8. The van der Waals surface area contributed by atoms with Gasteiger partial charge in [0.1, 0.15) is 17.6 Å². The van der Waals surface area contributed by atoms with Crippen molar-refractivity contribution in [2.24, 2.45) is 5.73 Å². The van der Waals surface area contributed by atoms with Crippen molar-refractivity contribution in [3.8, 4) is 0 Å². The predicted octanol–water partition coefficient (Wildman–Crippen LogP) is 2.44. The molecule has 6 heteroatoms. The number of carbonyl (C=O) groups excluding carboxylic acids is 1. The first-order valence-corrected chi connectivity index (χ1v) is 6.52. The van der Waals surface area contributed by atoms with E-state index in [9.17, 15) is 4.79 Å². The second kappa shape index (κ2) is 6.24. The zero-order valence-electron chi connectivity index (χ0n) is 10.8. The summed E-state index contributed by atoms with van der Waals surface area (Å²) in [6.07, 6.45) is 1.65. The molecule has 0 bridgehead atoms. The maximum atomic E-state index is 11.6. The molecule has 102 valence electrons. The minimum atomic E-state index is -0.517. The molecule has 1 amide bonds. The Bertz CT molecular complexity index is 398. The third-order valence-corrected chi connectivity index (χ3v) is 2.49. The van der Waals surface area contributed by atoms with Crippen LogP contribution in [0.1, 0.15) is 26.5 Å².